The highest BCUT2D eigenvalue weighted by Crippen LogP contribution is 2.16. The maximum Gasteiger partial charge on any atom is 0.215 e. The summed E-state index contributed by atoms with van der Waals surface area (Å²) in [6, 6.07) is 5.79. The average Bonchev–Trinajstić information content (AvgIpc) is 2.50. The number of hydrogen-bond acceptors (Lipinski definition) is 4. The highest BCUT2D eigenvalue weighted by molar-refractivity contribution is 7.88. The molecule has 1 heterocycles. The van der Waals surface area contributed by atoms with Crippen LogP contribution in [0.4, 0.5) is 4.39 Å². The van der Waals surface area contributed by atoms with Crippen molar-refractivity contribution in [2.45, 2.75) is 31.6 Å². The summed E-state index contributed by atoms with van der Waals surface area (Å²) < 4.78 is 39.9. The van der Waals surface area contributed by atoms with E-state index in [2.05, 4.69) is 16.5 Å². The van der Waals surface area contributed by atoms with Gasteiger partial charge in [0.25, 0.3) is 0 Å². The minimum atomic E-state index is -3.67. The molecule has 1 aliphatic heterocycles. The molecule has 0 amide bonds. The molecule has 1 saturated heterocycles. The van der Waals surface area contributed by atoms with Crippen molar-refractivity contribution in [3.05, 3.63) is 35.6 Å². The number of benzene rings is 1. The van der Waals surface area contributed by atoms with Crippen LogP contribution in [0.3, 0.4) is 0 Å². The molecule has 0 unspecified atom stereocenters. The van der Waals surface area contributed by atoms with Crippen molar-refractivity contribution in [2.75, 3.05) is 26.2 Å². The number of aliphatic hydroxyl groups is 1. The lowest BCUT2D eigenvalue weighted by Gasteiger charge is -2.31. The van der Waals surface area contributed by atoms with Crippen LogP contribution < -0.4 is 4.72 Å². The van der Waals surface area contributed by atoms with Gasteiger partial charge in [-0.05, 0) is 37.9 Å². The lowest BCUT2D eigenvalue weighted by molar-refractivity contribution is 0.0942. The Morgan fingerprint density at radius 2 is 2.00 bits per heavy atom. The SMILES string of the molecule is CC1CCN(C[C@@H](O)CNS(=O)(=O)Cc2ccccc2F)CC1. The van der Waals surface area contributed by atoms with E-state index < -0.39 is 27.7 Å². The Morgan fingerprint density at radius 1 is 1.35 bits per heavy atom. The number of likely N-dealkylation sites (tertiary alicyclic amines) is 1. The number of nitrogens with one attached hydrogen (secondary N) is 1. The summed E-state index contributed by atoms with van der Waals surface area (Å²) in [5, 5.41) is 10.0. The number of nitrogens with zero attached hydrogens (tertiary/aromatic N) is 1. The van der Waals surface area contributed by atoms with E-state index in [0.717, 1.165) is 25.9 Å². The van der Waals surface area contributed by atoms with Crippen LogP contribution in [-0.4, -0.2) is 50.7 Å². The predicted molar refractivity (Wildman–Crippen MR) is 87.9 cm³/mol. The molecule has 0 bridgehead atoms. The van der Waals surface area contributed by atoms with Crippen LogP contribution >= 0.6 is 0 Å². The van der Waals surface area contributed by atoms with E-state index in [0.29, 0.717) is 12.5 Å². The second kappa shape index (κ2) is 8.19. The van der Waals surface area contributed by atoms with Crippen LogP contribution in [0.5, 0.6) is 0 Å². The summed E-state index contributed by atoms with van der Waals surface area (Å²) in [4.78, 5) is 2.15. The highest BCUT2D eigenvalue weighted by atomic mass is 32.2. The third kappa shape index (κ3) is 6.18. The van der Waals surface area contributed by atoms with Gasteiger partial charge >= 0.3 is 0 Å². The number of aliphatic hydroxyl groups excluding tert-OH is 1. The van der Waals surface area contributed by atoms with Gasteiger partial charge < -0.3 is 10.0 Å². The molecule has 1 atom stereocenters. The van der Waals surface area contributed by atoms with Crippen LogP contribution in [-0.2, 0) is 15.8 Å². The molecule has 2 rings (SSSR count). The molecule has 0 aliphatic carbocycles. The first-order valence-corrected chi connectivity index (χ1v) is 9.62. The maximum atomic E-state index is 13.5. The first-order chi connectivity index (χ1) is 10.9. The van der Waals surface area contributed by atoms with Crippen LogP contribution in [0.1, 0.15) is 25.3 Å². The van der Waals surface area contributed by atoms with Gasteiger partial charge in [-0.3, -0.25) is 0 Å². The van der Waals surface area contributed by atoms with Gasteiger partial charge in [0.2, 0.25) is 10.0 Å². The number of β-amino-alcohol motifs (C(OH)–C–C–N with tert-alkyl or cyclic N) is 1. The van der Waals surface area contributed by atoms with Gasteiger partial charge in [-0.2, -0.15) is 0 Å². The first-order valence-electron chi connectivity index (χ1n) is 7.97. The summed E-state index contributed by atoms with van der Waals surface area (Å²) in [5.74, 6) is -0.253. The van der Waals surface area contributed by atoms with E-state index in [1.54, 1.807) is 6.07 Å². The number of rotatable bonds is 7. The molecule has 7 heteroatoms. The Labute approximate surface area is 137 Å². The molecular formula is C16H25FN2O3S. The summed E-state index contributed by atoms with van der Waals surface area (Å²) in [5.41, 5.74) is 0.125. The maximum absolute atomic E-state index is 13.5. The minimum absolute atomic E-state index is 0.0527. The Kier molecular flexibility index (Phi) is 6.52. The second-order valence-corrected chi connectivity index (χ2v) is 8.14. The summed E-state index contributed by atoms with van der Waals surface area (Å²) in [6.45, 7) is 4.47. The standard InChI is InChI=1S/C16H25FN2O3S/c1-13-6-8-19(9-7-13)11-15(20)10-18-23(21,22)12-14-4-2-3-5-16(14)17/h2-5,13,15,18,20H,6-12H2,1H3/t15-/m0/s1. The van der Waals surface area contributed by atoms with Crippen molar-refractivity contribution in [1.82, 2.24) is 9.62 Å². The fourth-order valence-corrected chi connectivity index (χ4v) is 3.89. The van der Waals surface area contributed by atoms with Gasteiger partial charge in [0.05, 0.1) is 11.9 Å². The monoisotopic (exact) mass is 344 g/mol. The zero-order valence-electron chi connectivity index (χ0n) is 13.4. The van der Waals surface area contributed by atoms with Gasteiger partial charge in [-0.25, -0.2) is 17.5 Å². The van der Waals surface area contributed by atoms with Crippen molar-refractivity contribution >= 4 is 10.0 Å². The fourth-order valence-electron chi connectivity index (χ4n) is 2.70. The summed E-state index contributed by atoms with van der Waals surface area (Å²) in [7, 11) is -3.67. The Morgan fingerprint density at radius 3 is 2.65 bits per heavy atom. The Hall–Kier alpha value is -1.02. The Bertz CT molecular complexity index is 601. The molecule has 130 valence electrons. The molecule has 1 aliphatic rings. The lowest BCUT2D eigenvalue weighted by Crippen LogP contribution is -2.43. The van der Waals surface area contributed by atoms with Gasteiger partial charge in [-0.15, -0.1) is 0 Å². The third-order valence-corrected chi connectivity index (χ3v) is 5.48. The molecule has 0 radical (unpaired) electrons. The number of halogens is 1. The normalized spacial score (nSPS) is 18.9. The van der Waals surface area contributed by atoms with Crippen molar-refractivity contribution < 1.29 is 17.9 Å². The lowest BCUT2D eigenvalue weighted by atomic mass is 9.99. The van der Waals surface area contributed by atoms with E-state index >= 15 is 0 Å². The first kappa shape index (κ1) is 18.3. The van der Waals surface area contributed by atoms with Crippen molar-refractivity contribution in [1.29, 1.82) is 0 Å². The van der Waals surface area contributed by atoms with Gasteiger partial charge in [0, 0.05) is 18.7 Å². The van der Waals surface area contributed by atoms with Gasteiger partial charge in [0.15, 0.2) is 0 Å². The molecule has 0 aromatic heterocycles. The smallest absolute Gasteiger partial charge is 0.215 e. The number of piperidine rings is 1. The molecule has 0 saturated carbocycles. The third-order valence-electron chi connectivity index (χ3n) is 4.19. The zero-order chi connectivity index (χ0) is 16.9. The van der Waals surface area contributed by atoms with E-state index in [1.165, 1.54) is 18.2 Å². The number of sulfonamides is 1. The zero-order valence-corrected chi connectivity index (χ0v) is 14.2. The van der Waals surface area contributed by atoms with Crippen LogP contribution in [0.25, 0.3) is 0 Å². The minimum Gasteiger partial charge on any atom is -0.390 e. The molecule has 1 fully saturated rings. The van der Waals surface area contributed by atoms with Crippen molar-refractivity contribution in [3.8, 4) is 0 Å². The highest BCUT2D eigenvalue weighted by Gasteiger charge is 2.20. The fraction of sp³-hybridized carbons (Fsp3) is 0.625. The van der Waals surface area contributed by atoms with E-state index in [-0.39, 0.29) is 12.1 Å². The van der Waals surface area contributed by atoms with Gasteiger partial charge in [0.1, 0.15) is 5.82 Å². The predicted octanol–water partition coefficient (Wildman–Crippen LogP) is 1.34. The molecular weight excluding hydrogens is 319 g/mol. The molecule has 1 aromatic carbocycles. The van der Waals surface area contributed by atoms with E-state index in [9.17, 15) is 17.9 Å². The van der Waals surface area contributed by atoms with Crippen LogP contribution in [0, 0.1) is 11.7 Å². The average molecular weight is 344 g/mol. The van der Waals surface area contributed by atoms with Gasteiger partial charge in [-0.1, -0.05) is 25.1 Å². The second-order valence-electron chi connectivity index (χ2n) is 6.34. The van der Waals surface area contributed by atoms with E-state index in [1.807, 2.05) is 0 Å². The van der Waals surface area contributed by atoms with Crippen molar-refractivity contribution in [2.24, 2.45) is 5.92 Å². The molecule has 2 N–H and O–H groups in total. The molecule has 23 heavy (non-hydrogen) atoms. The quantitative estimate of drug-likeness (QED) is 0.783. The summed E-state index contributed by atoms with van der Waals surface area (Å²) in [6.07, 6.45) is 1.44. The van der Waals surface area contributed by atoms with Crippen LogP contribution in [0.2, 0.25) is 0 Å². The topological polar surface area (TPSA) is 69.6 Å². The van der Waals surface area contributed by atoms with Crippen LogP contribution in [0.15, 0.2) is 24.3 Å². The van der Waals surface area contributed by atoms with Crippen molar-refractivity contribution in [3.63, 3.8) is 0 Å². The number of hydrogen-bond donors (Lipinski definition) is 2. The summed E-state index contributed by atoms with van der Waals surface area (Å²) >= 11 is 0. The molecule has 1 aromatic rings. The Balaban J connectivity index is 1.78. The molecule has 0 spiro atoms. The van der Waals surface area contributed by atoms with E-state index in [4.69, 9.17) is 0 Å². The molecule has 5 nitrogen and oxygen atoms in total. The largest absolute Gasteiger partial charge is 0.390 e.